The Labute approximate surface area is 203 Å². The number of hydrogen-bond donors (Lipinski definition) is 1. The highest BCUT2D eigenvalue weighted by molar-refractivity contribution is 5.91. The van der Waals surface area contributed by atoms with E-state index in [9.17, 15) is 9.59 Å². The zero-order valence-corrected chi connectivity index (χ0v) is 19.3. The Morgan fingerprint density at radius 1 is 0.943 bits per heavy atom. The van der Waals surface area contributed by atoms with E-state index in [0.29, 0.717) is 28.8 Å². The smallest absolute Gasteiger partial charge is 0.338 e. The van der Waals surface area contributed by atoms with Gasteiger partial charge in [-0.2, -0.15) is 0 Å². The van der Waals surface area contributed by atoms with Gasteiger partial charge in [-0.05, 0) is 67.1 Å². The number of esters is 1. The molecule has 1 aliphatic carbocycles. The molecule has 4 aromatic rings. The van der Waals surface area contributed by atoms with E-state index in [1.54, 1.807) is 24.3 Å². The van der Waals surface area contributed by atoms with E-state index in [0.717, 1.165) is 29.5 Å². The number of amides is 1. The van der Waals surface area contributed by atoms with Crippen LogP contribution in [0.4, 0.5) is 0 Å². The number of carbonyl (C=O) groups is 2. The third kappa shape index (κ3) is 5.30. The van der Waals surface area contributed by atoms with Crippen LogP contribution in [-0.2, 0) is 9.53 Å². The van der Waals surface area contributed by atoms with Crippen LogP contribution in [0.3, 0.4) is 0 Å². The molecule has 7 heteroatoms. The fourth-order valence-corrected chi connectivity index (χ4v) is 4.00. The van der Waals surface area contributed by atoms with Gasteiger partial charge in [-0.25, -0.2) is 4.79 Å². The average Bonchev–Trinajstić information content (AvgIpc) is 3.62. The summed E-state index contributed by atoms with van der Waals surface area (Å²) in [6, 6.07) is 24.2. The van der Waals surface area contributed by atoms with Crippen molar-refractivity contribution in [1.82, 2.24) is 15.5 Å². The van der Waals surface area contributed by atoms with Crippen LogP contribution < -0.4 is 5.32 Å². The summed E-state index contributed by atoms with van der Waals surface area (Å²) >= 11 is 0. The predicted molar refractivity (Wildman–Crippen MR) is 130 cm³/mol. The zero-order valence-electron chi connectivity index (χ0n) is 19.3. The van der Waals surface area contributed by atoms with Crippen molar-refractivity contribution in [2.45, 2.75) is 25.8 Å². The van der Waals surface area contributed by atoms with Gasteiger partial charge in [0.05, 0.1) is 11.6 Å². The molecule has 0 aliphatic heterocycles. The molecule has 1 atom stereocenters. The first kappa shape index (κ1) is 22.5. The van der Waals surface area contributed by atoms with Gasteiger partial charge in [0.25, 0.3) is 5.91 Å². The highest BCUT2D eigenvalue weighted by Crippen LogP contribution is 2.40. The maximum Gasteiger partial charge on any atom is 0.338 e. The molecule has 1 amide bonds. The Hall–Kier alpha value is -4.26. The monoisotopic (exact) mass is 467 g/mol. The molecule has 1 aliphatic rings. The van der Waals surface area contributed by atoms with E-state index in [4.69, 9.17) is 9.15 Å². The Balaban J connectivity index is 1.18. The van der Waals surface area contributed by atoms with Crippen LogP contribution in [0.25, 0.3) is 22.9 Å². The highest BCUT2D eigenvalue weighted by Gasteiger charge is 2.33. The van der Waals surface area contributed by atoms with Crippen LogP contribution in [0.2, 0.25) is 0 Å². The van der Waals surface area contributed by atoms with E-state index in [2.05, 4.69) is 15.5 Å². The Morgan fingerprint density at radius 3 is 2.34 bits per heavy atom. The highest BCUT2D eigenvalue weighted by atomic mass is 16.5. The van der Waals surface area contributed by atoms with Gasteiger partial charge >= 0.3 is 5.97 Å². The second-order valence-electron chi connectivity index (χ2n) is 8.67. The van der Waals surface area contributed by atoms with Crippen molar-refractivity contribution in [3.05, 3.63) is 95.6 Å². The number of nitrogens with zero attached hydrogens (tertiary/aromatic N) is 2. The number of aromatic nitrogens is 2. The van der Waals surface area contributed by atoms with Gasteiger partial charge in [-0.3, -0.25) is 4.79 Å². The summed E-state index contributed by atoms with van der Waals surface area (Å²) in [5.41, 5.74) is 4.00. The summed E-state index contributed by atoms with van der Waals surface area (Å²) in [7, 11) is 0. The Kier molecular flexibility index (Phi) is 6.39. The quantitative estimate of drug-likeness (QED) is 0.361. The van der Waals surface area contributed by atoms with Crippen LogP contribution in [0, 0.1) is 12.8 Å². The summed E-state index contributed by atoms with van der Waals surface area (Å²) in [4.78, 5) is 24.9. The molecule has 0 spiro atoms. The van der Waals surface area contributed by atoms with Crippen molar-refractivity contribution in [1.29, 1.82) is 0 Å². The van der Waals surface area contributed by atoms with Gasteiger partial charge in [0.2, 0.25) is 11.8 Å². The molecule has 1 aromatic heterocycles. The molecule has 0 saturated heterocycles. The second-order valence-corrected chi connectivity index (χ2v) is 8.67. The third-order valence-electron chi connectivity index (χ3n) is 6.07. The van der Waals surface area contributed by atoms with Crippen molar-refractivity contribution in [2.24, 2.45) is 5.92 Å². The van der Waals surface area contributed by atoms with Gasteiger partial charge in [-0.15, -0.1) is 10.2 Å². The maximum atomic E-state index is 12.5. The molecule has 35 heavy (non-hydrogen) atoms. The fourth-order valence-electron chi connectivity index (χ4n) is 4.00. The standard InChI is InChI=1S/C28H25N3O4/c1-18-7-5-6-10-23(18)27-31-30-26(35-27)21-13-15-22(16-14-21)28(33)34-17-24(32)29-25(20-11-12-20)19-8-3-2-4-9-19/h2-10,13-16,20,25H,11-12,17H2,1H3,(H,29,32). The van der Waals surface area contributed by atoms with Gasteiger partial charge < -0.3 is 14.5 Å². The zero-order chi connectivity index (χ0) is 24.2. The van der Waals surface area contributed by atoms with Crippen molar-refractivity contribution < 1.29 is 18.7 Å². The molecule has 0 bridgehead atoms. The van der Waals surface area contributed by atoms with Gasteiger partial charge in [0.1, 0.15) is 0 Å². The van der Waals surface area contributed by atoms with Crippen molar-refractivity contribution >= 4 is 11.9 Å². The van der Waals surface area contributed by atoms with Crippen LogP contribution in [-0.4, -0.2) is 28.7 Å². The number of rotatable bonds is 8. The van der Waals surface area contributed by atoms with Crippen LogP contribution in [0.15, 0.2) is 83.3 Å². The summed E-state index contributed by atoms with van der Waals surface area (Å²) in [6.07, 6.45) is 2.16. The van der Waals surface area contributed by atoms with E-state index < -0.39 is 5.97 Å². The van der Waals surface area contributed by atoms with Gasteiger partial charge in [0.15, 0.2) is 6.61 Å². The average molecular weight is 468 g/mol. The minimum absolute atomic E-state index is 0.0549. The number of nitrogens with one attached hydrogen (secondary N) is 1. The number of hydrogen-bond acceptors (Lipinski definition) is 6. The van der Waals surface area contributed by atoms with Gasteiger partial charge in [-0.1, -0.05) is 48.5 Å². The fraction of sp³-hybridized carbons (Fsp3) is 0.214. The molecule has 1 saturated carbocycles. The van der Waals surface area contributed by atoms with E-state index in [-0.39, 0.29) is 18.6 Å². The largest absolute Gasteiger partial charge is 0.452 e. The van der Waals surface area contributed by atoms with Crippen LogP contribution in [0.1, 0.15) is 40.4 Å². The molecule has 1 heterocycles. The molecular formula is C28H25N3O4. The lowest BCUT2D eigenvalue weighted by Crippen LogP contribution is -2.33. The molecule has 7 nitrogen and oxygen atoms in total. The molecule has 1 unspecified atom stereocenters. The lowest BCUT2D eigenvalue weighted by molar-refractivity contribution is -0.125. The molecule has 1 fully saturated rings. The van der Waals surface area contributed by atoms with Crippen molar-refractivity contribution in [3.8, 4) is 22.9 Å². The molecule has 3 aromatic carbocycles. The third-order valence-corrected chi connectivity index (χ3v) is 6.07. The van der Waals surface area contributed by atoms with E-state index in [1.165, 1.54) is 0 Å². The Morgan fingerprint density at radius 2 is 1.63 bits per heavy atom. The maximum absolute atomic E-state index is 12.5. The SMILES string of the molecule is Cc1ccccc1-c1nnc(-c2ccc(C(=O)OCC(=O)NC(c3ccccc3)C3CC3)cc2)o1. The molecule has 5 rings (SSSR count). The first-order valence-corrected chi connectivity index (χ1v) is 11.6. The first-order chi connectivity index (χ1) is 17.1. The van der Waals surface area contributed by atoms with E-state index >= 15 is 0 Å². The number of ether oxygens (including phenoxy) is 1. The normalized spacial score (nSPS) is 13.7. The van der Waals surface area contributed by atoms with Crippen molar-refractivity contribution in [2.75, 3.05) is 6.61 Å². The van der Waals surface area contributed by atoms with Crippen LogP contribution in [0.5, 0.6) is 0 Å². The molecule has 0 radical (unpaired) electrons. The summed E-state index contributed by atoms with van der Waals surface area (Å²) in [5, 5.41) is 11.3. The minimum Gasteiger partial charge on any atom is -0.452 e. The lowest BCUT2D eigenvalue weighted by atomic mass is 10.0. The predicted octanol–water partition coefficient (Wildman–Crippen LogP) is 5.14. The first-order valence-electron chi connectivity index (χ1n) is 11.6. The number of benzene rings is 3. The number of carbonyl (C=O) groups excluding carboxylic acids is 2. The minimum atomic E-state index is -0.569. The molecular weight excluding hydrogens is 442 g/mol. The topological polar surface area (TPSA) is 94.3 Å². The van der Waals surface area contributed by atoms with E-state index in [1.807, 2.05) is 61.5 Å². The molecule has 1 N–H and O–H groups in total. The van der Waals surface area contributed by atoms with Crippen molar-refractivity contribution in [3.63, 3.8) is 0 Å². The summed E-state index contributed by atoms with van der Waals surface area (Å²) in [6.45, 7) is 1.65. The molecule has 176 valence electrons. The Bertz CT molecular complexity index is 1330. The summed E-state index contributed by atoms with van der Waals surface area (Å²) < 4.78 is 11.1. The lowest BCUT2D eigenvalue weighted by Gasteiger charge is -2.18. The van der Waals surface area contributed by atoms with Gasteiger partial charge in [0, 0.05) is 11.1 Å². The number of aryl methyl sites for hydroxylation is 1. The van der Waals surface area contributed by atoms with Crippen LogP contribution >= 0.6 is 0 Å². The second kappa shape index (κ2) is 9.93. The summed E-state index contributed by atoms with van der Waals surface area (Å²) in [5.74, 6) is 0.341.